The van der Waals surface area contributed by atoms with Gasteiger partial charge in [-0.3, -0.25) is 4.79 Å². The van der Waals surface area contributed by atoms with Gasteiger partial charge in [0, 0.05) is 33.0 Å². The minimum absolute atomic E-state index is 0.184. The van der Waals surface area contributed by atoms with Gasteiger partial charge in [0.25, 0.3) is 5.91 Å². The maximum atomic E-state index is 13.9. The quantitative estimate of drug-likeness (QED) is 0.140. The van der Waals surface area contributed by atoms with Crippen molar-refractivity contribution in [3.63, 3.8) is 0 Å². The Morgan fingerprint density at radius 2 is 1.51 bits per heavy atom. The van der Waals surface area contributed by atoms with Gasteiger partial charge in [0.15, 0.2) is 0 Å². The molecule has 1 amide bonds. The first kappa shape index (κ1) is 26.6. The van der Waals surface area contributed by atoms with Crippen molar-refractivity contribution in [3.8, 4) is 22.7 Å². The van der Waals surface area contributed by atoms with Crippen LogP contribution in [0, 0.1) is 0 Å². The molecule has 1 aliphatic heterocycles. The van der Waals surface area contributed by atoms with Crippen LogP contribution >= 0.6 is 23.4 Å². The van der Waals surface area contributed by atoms with Gasteiger partial charge >= 0.3 is 0 Å². The average Bonchev–Trinajstić information content (AvgIpc) is 3.59. The van der Waals surface area contributed by atoms with Crippen LogP contribution in [-0.4, -0.2) is 34.3 Å². The number of anilines is 1. The summed E-state index contributed by atoms with van der Waals surface area (Å²) >= 11 is 7.68. The first-order valence-corrected chi connectivity index (χ1v) is 14.3. The number of hydrogen-bond acceptors (Lipinski definition) is 5. The van der Waals surface area contributed by atoms with Crippen LogP contribution in [0.1, 0.15) is 5.56 Å². The molecule has 0 saturated carbocycles. The topological polar surface area (TPSA) is 59.7 Å². The highest BCUT2D eigenvalue weighted by molar-refractivity contribution is 8.00. The largest absolute Gasteiger partial charge is 0.497 e. The summed E-state index contributed by atoms with van der Waals surface area (Å²) in [6.45, 7) is 0. The number of carbonyl (C=O) groups excluding carboxylic acids is 1. The van der Waals surface area contributed by atoms with Gasteiger partial charge in [0.2, 0.25) is 0 Å². The highest BCUT2D eigenvalue weighted by Crippen LogP contribution is 2.32. The second kappa shape index (κ2) is 11.9. The lowest BCUT2D eigenvalue weighted by Crippen LogP contribution is -2.21. The first-order valence-electron chi connectivity index (χ1n) is 13.0. The first-order chi connectivity index (χ1) is 20.1. The van der Waals surface area contributed by atoms with E-state index in [1.54, 1.807) is 18.9 Å². The van der Waals surface area contributed by atoms with E-state index in [9.17, 15) is 4.79 Å². The summed E-state index contributed by atoms with van der Waals surface area (Å²) in [7, 11) is 1.64. The van der Waals surface area contributed by atoms with Gasteiger partial charge in [-0.1, -0.05) is 48.0 Å². The van der Waals surface area contributed by atoms with Crippen LogP contribution in [0.4, 0.5) is 5.69 Å². The second-order valence-corrected chi connectivity index (χ2v) is 10.7. The number of methoxy groups -OCH3 is 1. The molecule has 0 radical (unpaired) electrons. The predicted molar refractivity (Wildman–Crippen MR) is 167 cm³/mol. The zero-order chi connectivity index (χ0) is 28.2. The molecule has 1 aromatic heterocycles. The number of aromatic nitrogens is 2. The molecule has 41 heavy (non-hydrogen) atoms. The van der Waals surface area contributed by atoms with E-state index in [-0.39, 0.29) is 5.91 Å². The van der Waals surface area contributed by atoms with E-state index in [2.05, 4.69) is 0 Å². The Hall–Kier alpha value is -4.59. The molecule has 0 saturated heterocycles. The summed E-state index contributed by atoms with van der Waals surface area (Å²) in [5.41, 5.74) is 5.31. The number of amides is 1. The molecule has 0 N–H and O–H groups in total. The van der Waals surface area contributed by atoms with Crippen LogP contribution in [0.2, 0.25) is 5.02 Å². The standard InChI is InChI=1S/C33H25ClN4O2S/c1-40-28-16-12-23(13-17-28)32-24(21-37(36-32)26-8-4-2-5-9-26)20-30-31(22-41-29-18-14-25(34)15-19-29)35-38(33(30)39)27-10-6-3-7-11-27/h2-21H,22H2,1H3/b30-20-. The summed E-state index contributed by atoms with van der Waals surface area (Å²) in [6, 6.07) is 34.8. The van der Waals surface area contributed by atoms with Crippen molar-refractivity contribution >= 4 is 46.7 Å². The zero-order valence-corrected chi connectivity index (χ0v) is 23.7. The molecule has 2 heterocycles. The summed E-state index contributed by atoms with van der Waals surface area (Å²) in [5, 5.41) is 11.9. The van der Waals surface area contributed by atoms with Gasteiger partial charge in [0.1, 0.15) is 5.75 Å². The monoisotopic (exact) mass is 576 g/mol. The fourth-order valence-corrected chi connectivity index (χ4v) is 5.44. The molecule has 8 heteroatoms. The highest BCUT2D eigenvalue weighted by atomic mass is 35.5. The van der Waals surface area contributed by atoms with Crippen LogP contribution in [-0.2, 0) is 4.79 Å². The Morgan fingerprint density at radius 1 is 0.854 bits per heavy atom. The maximum Gasteiger partial charge on any atom is 0.280 e. The normalized spacial score (nSPS) is 14.0. The number of thioether (sulfide) groups is 1. The number of para-hydroxylation sites is 2. The van der Waals surface area contributed by atoms with Crippen LogP contribution < -0.4 is 9.75 Å². The highest BCUT2D eigenvalue weighted by Gasteiger charge is 2.31. The number of ether oxygens (including phenoxy) is 1. The molecule has 6 rings (SSSR count). The Balaban J connectivity index is 1.43. The van der Waals surface area contributed by atoms with Crippen LogP contribution in [0.5, 0.6) is 5.75 Å². The van der Waals surface area contributed by atoms with E-state index < -0.39 is 0 Å². The third-order valence-electron chi connectivity index (χ3n) is 6.57. The fraction of sp³-hybridized carbons (Fsp3) is 0.0606. The predicted octanol–water partition coefficient (Wildman–Crippen LogP) is 7.78. The summed E-state index contributed by atoms with van der Waals surface area (Å²) in [6.07, 6.45) is 3.85. The molecular weight excluding hydrogens is 552 g/mol. The van der Waals surface area contributed by atoms with Crippen molar-refractivity contribution in [2.75, 3.05) is 17.9 Å². The van der Waals surface area contributed by atoms with E-state index in [0.29, 0.717) is 27.7 Å². The third-order valence-corrected chi connectivity index (χ3v) is 7.85. The second-order valence-electron chi connectivity index (χ2n) is 9.24. The van der Waals surface area contributed by atoms with Crippen molar-refractivity contribution in [1.29, 1.82) is 0 Å². The number of halogens is 1. The molecule has 5 aromatic rings. The lowest BCUT2D eigenvalue weighted by molar-refractivity contribution is -0.114. The van der Waals surface area contributed by atoms with E-state index in [4.69, 9.17) is 26.5 Å². The number of nitrogens with zero attached hydrogens (tertiary/aromatic N) is 4. The molecule has 0 spiro atoms. The third kappa shape index (κ3) is 5.82. The number of carbonyl (C=O) groups is 1. The smallest absolute Gasteiger partial charge is 0.280 e. The molecule has 4 aromatic carbocycles. The summed E-state index contributed by atoms with van der Waals surface area (Å²) < 4.78 is 7.19. The molecule has 6 nitrogen and oxygen atoms in total. The van der Waals surface area contributed by atoms with Crippen molar-refractivity contribution < 1.29 is 9.53 Å². The lowest BCUT2D eigenvalue weighted by atomic mass is 10.0. The van der Waals surface area contributed by atoms with E-state index in [1.807, 2.05) is 126 Å². The molecule has 0 fully saturated rings. The molecule has 202 valence electrons. The van der Waals surface area contributed by atoms with Crippen molar-refractivity contribution in [3.05, 3.63) is 132 Å². The van der Waals surface area contributed by atoms with E-state index in [0.717, 1.165) is 33.2 Å². The maximum absolute atomic E-state index is 13.9. The van der Waals surface area contributed by atoms with E-state index in [1.165, 1.54) is 5.01 Å². The molecular formula is C33H25ClN4O2S. The van der Waals surface area contributed by atoms with Gasteiger partial charge in [0.05, 0.1) is 35.5 Å². The molecule has 0 unspecified atom stereocenters. The molecule has 1 aliphatic rings. The number of benzene rings is 4. The zero-order valence-electron chi connectivity index (χ0n) is 22.1. The van der Waals surface area contributed by atoms with Crippen molar-refractivity contribution in [2.45, 2.75) is 4.90 Å². The Labute approximate surface area is 247 Å². The van der Waals surface area contributed by atoms with Gasteiger partial charge in [-0.25, -0.2) is 4.68 Å². The van der Waals surface area contributed by atoms with Gasteiger partial charge < -0.3 is 4.74 Å². The van der Waals surface area contributed by atoms with Crippen molar-refractivity contribution in [2.24, 2.45) is 5.10 Å². The Kier molecular flexibility index (Phi) is 7.71. The molecule has 0 bridgehead atoms. The van der Waals surface area contributed by atoms with Crippen LogP contribution in [0.25, 0.3) is 23.0 Å². The van der Waals surface area contributed by atoms with Gasteiger partial charge in [-0.2, -0.15) is 15.2 Å². The molecule has 0 aliphatic carbocycles. The number of hydrogen-bond donors (Lipinski definition) is 0. The summed E-state index contributed by atoms with van der Waals surface area (Å²) in [4.78, 5) is 14.9. The fourth-order valence-electron chi connectivity index (χ4n) is 4.47. The minimum Gasteiger partial charge on any atom is -0.497 e. The Morgan fingerprint density at radius 3 is 2.17 bits per heavy atom. The van der Waals surface area contributed by atoms with E-state index >= 15 is 0 Å². The van der Waals surface area contributed by atoms with Crippen LogP contribution in [0.3, 0.4) is 0 Å². The SMILES string of the molecule is COc1ccc(-c2nn(-c3ccccc3)cc2/C=C2\C(=O)N(c3ccccc3)N=C2CSc2ccc(Cl)cc2)cc1. The average molecular weight is 577 g/mol. The minimum atomic E-state index is -0.184. The van der Waals surface area contributed by atoms with Crippen LogP contribution in [0.15, 0.2) is 131 Å². The number of rotatable bonds is 8. The number of hydrazone groups is 1. The Bertz CT molecular complexity index is 1730. The lowest BCUT2D eigenvalue weighted by Gasteiger charge is -2.11. The summed E-state index contributed by atoms with van der Waals surface area (Å²) in [5.74, 6) is 1.08. The van der Waals surface area contributed by atoms with Crippen molar-refractivity contribution in [1.82, 2.24) is 9.78 Å². The van der Waals surface area contributed by atoms with Gasteiger partial charge in [-0.05, 0) is 78.9 Å². The van der Waals surface area contributed by atoms with Gasteiger partial charge in [-0.15, -0.1) is 11.8 Å². The molecule has 0 atom stereocenters.